The van der Waals surface area contributed by atoms with Crippen molar-refractivity contribution in [1.29, 1.82) is 0 Å². The van der Waals surface area contributed by atoms with Gasteiger partial charge in [0.2, 0.25) is 0 Å². The van der Waals surface area contributed by atoms with Gasteiger partial charge in [0, 0.05) is 5.75 Å². The number of thioether (sulfide) groups is 1. The predicted octanol–water partition coefficient (Wildman–Crippen LogP) is 2.29. The second kappa shape index (κ2) is 7.47. The molecule has 0 spiro atoms. The molecule has 0 aromatic heterocycles. The van der Waals surface area contributed by atoms with E-state index in [0.29, 0.717) is 30.8 Å². The van der Waals surface area contributed by atoms with Gasteiger partial charge in [0.25, 0.3) is 10.1 Å². The Morgan fingerprint density at radius 2 is 1.95 bits per heavy atom. The summed E-state index contributed by atoms with van der Waals surface area (Å²) in [7, 11) is -2.68. The van der Waals surface area contributed by atoms with Gasteiger partial charge < -0.3 is 4.74 Å². The van der Waals surface area contributed by atoms with Gasteiger partial charge in [0.1, 0.15) is 0 Å². The van der Waals surface area contributed by atoms with Crippen molar-refractivity contribution < 1.29 is 22.5 Å². The molecule has 5 nitrogen and oxygen atoms in total. The standard InChI is InChI=1S/C13H22O5S2/c1-9-6-11(8-19-5-4-13(14)18-3)12(7-10(9)2)20(15,16)17/h11-12H,4-8H2,1-3H3,(H,15,16,17)/t11-,12-/m1/s1. The first kappa shape index (κ1) is 17.5. The third-order valence-electron chi connectivity index (χ3n) is 3.72. The quantitative estimate of drug-likeness (QED) is 0.350. The molecule has 7 heteroatoms. The van der Waals surface area contributed by atoms with Crippen molar-refractivity contribution in [3.63, 3.8) is 0 Å². The topological polar surface area (TPSA) is 80.7 Å². The molecule has 0 unspecified atom stereocenters. The maximum Gasteiger partial charge on any atom is 0.306 e. The van der Waals surface area contributed by atoms with Gasteiger partial charge >= 0.3 is 5.97 Å². The largest absolute Gasteiger partial charge is 0.469 e. The highest BCUT2D eigenvalue weighted by molar-refractivity contribution is 7.99. The maximum absolute atomic E-state index is 11.5. The monoisotopic (exact) mass is 322 g/mol. The molecule has 0 amide bonds. The highest BCUT2D eigenvalue weighted by Gasteiger charge is 2.35. The van der Waals surface area contributed by atoms with Crippen LogP contribution in [-0.2, 0) is 19.6 Å². The van der Waals surface area contributed by atoms with Crippen LogP contribution in [0.1, 0.15) is 33.1 Å². The number of allylic oxidation sites excluding steroid dienone is 2. The molecule has 1 aliphatic rings. The summed E-state index contributed by atoms with van der Waals surface area (Å²) in [5.74, 6) is 0.852. The Labute approximate surface area is 124 Å². The van der Waals surface area contributed by atoms with E-state index in [4.69, 9.17) is 0 Å². The lowest BCUT2D eigenvalue weighted by atomic mass is 9.86. The van der Waals surface area contributed by atoms with Crippen molar-refractivity contribution in [1.82, 2.24) is 0 Å². The average molecular weight is 322 g/mol. The van der Waals surface area contributed by atoms with Gasteiger partial charge in [-0.3, -0.25) is 9.35 Å². The van der Waals surface area contributed by atoms with Crippen LogP contribution in [0.15, 0.2) is 11.1 Å². The molecule has 0 heterocycles. The molecule has 2 atom stereocenters. The Morgan fingerprint density at radius 1 is 1.35 bits per heavy atom. The van der Waals surface area contributed by atoms with E-state index in [-0.39, 0.29) is 11.9 Å². The predicted molar refractivity (Wildman–Crippen MR) is 80.4 cm³/mol. The zero-order valence-electron chi connectivity index (χ0n) is 12.1. The van der Waals surface area contributed by atoms with Crippen molar-refractivity contribution in [2.75, 3.05) is 18.6 Å². The van der Waals surface area contributed by atoms with Crippen molar-refractivity contribution in [2.24, 2.45) is 5.92 Å². The molecule has 0 aromatic rings. The summed E-state index contributed by atoms with van der Waals surface area (Å²) in [5, 5.41) is -0.725. The Morgan fingerprint density at radius 3 is 2.50 bits per heavy atom. The Bertz CT molecular complexity index is 481. The van der Waals surface area contributed by atoms with E-state index in [0.717, 1.165) is 5.57 Å². The molecule has 0 fully saturated rings. The van der Waals surface area contributed by atoms with Crippen LogP contribution in [0.3, 0.4) is 0 Å². The molecule has 0 radical (unpaired) electrons. The molecule has 1 aliphatic carbocycles. The van der Waals surface area contributed by atoms with Crippen LogP contribution in [0.4, 0.5) is 0 Å². The zero-order chi connectivity index (χ0) is 15.3. The SMILES string of the molecule is COC(=O)CCSC[C@H]1CC(C)=C(C)C[C@H]1S(=O)(=O)O. The van der Waals surface area contributed by atoms with Gasteiger partial charge in [0.05, 0.1) is 18.8 Å². The molecule has 20 heavy (non-hydrogen) atoms. The summed E-state index contributed by atoms with van der Waals surface area (Å²) in [4.78, 5) is 11.0. The highest BCUT2D eigenvalue weighted by Crippen LogP contribution is 2.35. The fraction of sp³-hybridized carbons (Fsp3) is 0.769. The Kier molecular flexibility index (Phi) is 6.54. The minimum Gasteiger partial charge on any atom is -0.469 e. The summed E-state index contributed by atoms with van der Waals surface area (Å²) in [6, 6.07) is 0. The van der Waals surface area contributed by atoms with E-state index in [1.807, 2.05) is 13.8 Å². The van der Waals surface area contributed by atoms with E-state index >= 15 is 0 Å². The molecule has 116 valence electrons. The van der Waals surface area contributed by atoms with Crippen LogP contribution in [0.2, 0.25) is 0 Å². The minimum absolute atomic E-state index is 0.101. The highest BCUT2D eigenvalue weighted by atomic mass is 32.2. The van der Waals surface area contributed by atoms with Crippen molar-refractivity contribution >= 4 is 27.8 Å². The number of carbonyl (C=O) groups excluding carboxylic acids is 1. The first-order valence-corrected chi connectivity index (χ1v) is 9.17. The van der Waals surface area contributed by atoms with Crippen LogP contribution >= 0.6 is 11.8 Å². The number of esters is 1. The van der Waals surface area contributed by atoms with Gasteiger partial charge in [-0.25, -0.2) is 0 Å². The van der Waals surface area contributed by atoms with E-state index in [1.54, 1.807) is 0 Å². The second-order valence-electron chi connectivity index (χ2n) is 5.18. The van der Waals surface area contributed by atoms with Gasteiger partial charge in [0.15, 0.2) is 0 Å². The van der Waals surface area contributed by atoms with Gasteiger partial charge in [-0.05, 0) is 38.4 Å². The lowest BCUT2D eigenvalue weighted by Gasteiger charge is -2.30. The Balaban J connectivity index is 2.59. The molecule has 1 N–H and O–H groups in total. The van der Waals surface area contributed by atoms with Crippen molar-refractivity contribution in [3.8, 4) is 0 Å². The lowest BCUT2D eigenvalue weighted by molar-refractivity contribution is -0.140. The third kappa shape index (κ3) is 5.10. The summed E-state index contributed by atoms with van der Waals surface area (Å²) in [6.07, 6.45) is 1.40. The number of ether oxygens (including phenoxy) is 1. The molecule has 1 rings (SSSR count). The third-order valence-corrected chi connectivity index (χ3v) is 6.20. The number of rotatable bonds is 6. The number of methoxy groups -OCH3 is 1. The molecule has 0 saturated carbocycles. The number of carbonyl (C=O) groups is 1. The van der Waals surface area contributed by atoms with Crippen molar-refractivity contribution in [3.05, 3.63) is 11.1 Å². The molecule has 0 aromatic carbocycles. The second-order valence-corrected chi connectivity index (χ2v) is 7.97. The molecule has 0 bridgehead atoms. The lowest BCUT2D eigenvalue weighted by Crippen LogP contribution is -2.34. The number of hydrogen-bond acceptors (Lipinski definition) is 5. The van der Waals surface area contributed by atoms with Gasteiger partial charge in [-0.2, -0.15) is 20.2 Å². The molecular formula is C13H22O5S2. The average Bonchev–Trinajstić information content (AvgIpc) is 2.36. The van der Waals surface area contributed by atoms with Gasteiger partial charge in [-0.1, -0.05) is 11.1 Å². The minimum atomic E-state index is -4.03. The fourth-order valence-corrected chi connectivity index (χ4v) is 4.74. The van der Waals surface area contributed by atoms with Crippen molar-refractivity contribution in [2.45, 2.75) is 38.4 Å². The normalized spacial score (nSPS) is 23.8. The Hall–Kier alpha value is -0.530. The number of hydrogen-bond donors (Lipinski definition) is 1. The van der Waals surface area contributed by atoms with Crippen LogP contribution < -0.4 is 0 Å². The van der Waals surface area contributed by atoms with Crippen LogP contribution in [-0.4, -0.2) is 42.8 Å². The van der Waals surface area contributed by atoms with E-state index in [2.05, 4.69) is 4.74 Å². The van der Waals surface area contributed by atoms with E-state index < -0.39 is 15.4 Å². The zero-order valence-corrected chi connectivity index (χ0v) is 13.7. The fourth-order valence-electron chi connectivity index (χ4n) is 2.35. The molecule has 0 aliphatic heterocycles. The smallest absolute Gasteiger partial charge is 0.306 e. The summed E-state index contributed by atoms with van der Waals surface area (Å²) >= 11 is 1.53. The molecular weight excluding hydrogens is 300 g/mol. The summed E-state index contributed by atoms with van der Waals surface area (Å²) in [5.41, 5.74) is 2.24. The summed E-state index contributed by atoms with van der Waals surface area (Å²) < 4.78 is 36.9. The summed E-state index contributed by atoms with van der Waals surface area (Å²) in [6.45, 7) is 3.91. The van der Waals surface area contributed by atoms with Crippen LogP contribution in [0, 0.1) is 5.92 Å². The molecule has 0 saturated heterocycles. The van der Waals surface area contributed by atoms with Crippen LogP contribution in [0.25, 0.3) is 0 Å². The first-order chi connectivity index (χ1) is 9.25. The van der Waals surface area contributed by atoms with E-state index in [1.165, 1.54) is 24.4 Å². The maximum atomic E-state index is 11.5. The van der Waals surface area contributed by atoms with Gasteiger partial charge in [-0.15, -0.1) is 0 Å². The van der Waals surface area contributed by atoms with Crippen LogP contribution in [0.5, 0.6) is 0 Å². The first-order valence-electron chi connectivity index (χ1n) is 6.51. The van der Waals surface area contributed by atoms with E-state index in [9.17, 15) is 17.8 Å².